The number of halogens is 4. The van der Waals surface area contributed by atoms with Crippen LogP contribution in [0.3, 0.4) is 0 Å². The van der Waals surface area contributed by atoms with Crippen LogP contribution < -0.4 is 15.0 Å². The Morgan fingerprint density at radius 3 is 2.51 bits per heavy atom. The highest BCUT2D eigenvalue weighted by Crippen LogP contribution is 2.26. The minimum Gasteiger partial charge on any atom is -0.406 e. The van der Waals surface area contributed by atoms with Gasteiger partial charge in [0, 0.05) is 55.0 Å². The highest BCUT2D eigenvalue weighted by atomic mass is 19.4. The molecule has 35 heavy (non-hydrogen) atoms. The Hall–Kier alpha value is -3.73. The summed E-state index contributed by atoms with van der Waals surface area (Å²) in [5.74, 6) is -1.49. The lowest BCUT2D eigenvalue weighted by atomic mass is 10.1. The fraction of sp³-hybridized carbons (Fsp3) is 0.292. The van der Waals surface area contributed by atoms with Gasteiger partial charge in [-0.3, -0.25) is 4.79 Å². The van der Waals surface area contributed by atoms with E-state index >= 15 is 0 Å². The maximum atomic E-state index is 14.1. The number of ether oxygens (including phenoxy) is 1. The second-order valence-electron chi connectivity index (χ2n) is 8.18. The number of rotatable bonds is 5. The van der Waals surface area contributed by atoms with E-state index in [0.29, 0.717) is 17.7 Å². The van der Waals surface area contributed by atoms with Crippen LogP contribution in [-0.2, 0) is 4.79 Å². The number of nitrogens with zero attached hydrogens (tertiary/aromatic N) is 4. The number of hydrogen-bond acceptors (Lipinski definition) is 6. The first-order chi connectivity index (χ1) is 16.6. The van der Waals surface area contributed by atoms with E-state index in [9.17, 15) is 22.4 Å². The molecule has 3 aromatic rings. The third-order valence-electron chi connectivity index (χ3n) is 5.55. The molecule has 0 unspecified atom stereocenters. The molecule has 1 aliphatic rings. The highest BCUT2D eigenvalue weighted by Gasteiger charge is 2.31. The zero-order valence-corrected chi connectivity index (χ0v) is 19.1. The van der Waals surface area contributed by atoms with Gasteiger partial charge in [-0.1, -0.05) is 0 Å². The molecule has 0 saturated carbocycles. The van der Waals surface area contributed by atoms with E-state index in [1.165, 1.54) is 6.08 Å². The Morgan fingerprint density at radius 2 is 1.83 bits per heavy atom. The van der Waals surface area contributed by atoms with Crippen molar-refractivity contribution in [1.82, 2.24) is 14.9 Å². The van der Waals surface area contributed by atoms with E-state index in [2.05, 4.69) is 36.9 Å². The molecule has 1 saturated heterocycles. The number of benzene rings is 2. The highest BCUT2D eigenvalue weighted by molar-refractivity contribution is 6.03. The quantitative estimate of drug-likeness (QED) is 0.424. The number of piperazine rings is 1. The second-order valence-corrected chi connectivity index (χ2v) is 8.18. The van der Waals surface area contributed by atoms with Gasteiger partial charge in [0.15, 0.2) is 0 Å². The summed E-state index contributed by atoms with van der Waals surface area (Å²) in [6.07, 6.45) is -2.66. The Kier molecular flexibility index (Phi) is 6.88. The summed E-state index contributed by atoms with van der Waals surface area (Å²) in [7, 11) is 2.08. The minimum absolute atomic E-state index is 0.0612. The summed E-state index contributed by atoms with van der Waals surface area (Å²) in [5, 5.41) is 3.47. The van der Waals surface area contributed by atoms with Crippen LogP contribution in [0.25, 0.3) is 17.0 Å². The van der Waals surface area contributed by atoms with E-state index in [-0.39, 0.29) is 5.56 Å². The number of hydrogen-bond donors (Lipinski definition) is 1. The number of likely N-dealkylation sites (N-methyl/N-ethyl adjacent to an activating group) is 1. The van der Waals surface area contributed by atoms with E-state index in [0.717, 1.165) is 61.0 Å². The Morgan fingerprint density at radius 1 is 1.09 bits per heavy atom. The first kappa shape index (κ1) is 24.4. The van der Waals surface area contributed by atoms with Gasteiger partial charge in [0.25, 0.3) is 0 Å². The van der Waals surface area contributed by atoms with Crippen molar-refractivity contribution in [2.75, 3.05) is 43.4 Å². The summed E-state index contributed by atoms with van der Waals surface area (Å²) in [5.41, 5.74) is 1.97. The number of aryl methyl sites for hydroxylation is 1. The summed E-state index contributed by atoms with van der Waals surface area (Å²) < 4.78 is 54.5. The zero-order valence-electron chi connectivity index (χ0n) is 19.1. The largest absolute Gasteiger partial charge is 0.573 e. The monoisotopic (exact) mass is 489 g/mol. The van der Waals surface area contributed by atoms with E-state index < -0.39 is 23.8 Å². The number of carbonyl (C=O) groups is 1. The molecule has 0 radical (unpaired) electrons. The Balaban J connectivity index is 1.44. The van der Waals surface area contributed by atoms with Crippen molar-refractivity contribution in [2.24, 2.45) is 0 Å². The Bertz CT molecular complexity index is 1270. The van der Waals surface area contributed by atoms with Crippen molar-refractivity contribution in [3.8, 4) is 5.75 Å². The number of nitrogens with one attached hydrogen (secondary N) is 1. The van der Waals surface area contributed by atoms with Crippen molar-refractivity contribution < 1.29 is 27.1 Å². The first-order valence-electron chi connectivity index (χ1n) is 10.8. The van der Waals surface area contributed by atoms with Gasteiger partial charge < -0.3 is 19.9 Å². The lowest BCUT2D eigenvalue weighted by Gasteiger charge is -2.32. The molecule has 4 rings (SSSR count). The predicted octanol–water partition coefficient (Wildman–Crippen LogP) is 4.38. The average molecular weight is 489 g/mol. The fourth-order valence-electron chi connectivity index (χ4n) is 3.68. The van der Waals surface area contributed by atoms with Gasteiger partial charge in [-0.15, -0.1) is 13.2 Å². The molecule has 0 atom stereocenters. The minimum atomic E-state index is -4.92. The SMILES string of the molecule is Cc1nc(N2CCN(C)CC2)nc2ccc(NC(=O)C=Cc3ccc(OC(F)(F)F)cc3F)cc12. The number of amides is 1. The predicted molar refractivity (Wildman–Crippen MR) is 125 cm³/mol. The van der Waals surface area contributed by atoms with Gasteiger partial charge in [0.05, 0.1) is 11.2 Å². The van der Waals surface area contributed by atoms with Crippen molar-refractivity contribution in [3.63, 3.8) is 0 Å². The molecule has 1 aromatic heterocycles. The van der Waals surface area contributed by atoms with Crippen LogP contribution in [0, 0.1) is 12.7 Å². The molecular formula is C24H23F4N5O2. The van der Waals surface area contributed by atoms with Crippen LogP contribution in [0.2, 0.25) is 0 Å². The fourth-order valence-corrected chi connectivity index (χ4v) is 3.68. The molecule has 7 nitrogen and oxygen atoms in total. The van der Waals surface area contributed by atoms with Crippen LogP contribution in [0.15, 0.2) is 42.5 Å². The molecule has 1 N–H and O–H groups in total. The molecule has 11 heteroatoms. The Labute approximate surface area is 199 Å². The number of alkyl halides is 3. The summed E-state index contributed by atoms with van der Waals surface area (Å²) in [4.78, 5) is 26.0. The van der Waals surface area contributed by atoms with Gasteiger partial charge >= 0.3 is 6.36 Å². The van der Waals surface area contributed by atoms with Crippen LogP contribution in [0.1, 0.15) is 11.3 Å². The lowest BCUT2D eigenvalue weighted by Crippen LogP contribution is -2.45. The molecular weight excluding hydrogens is 466 g/mol. The number of carbonyl (C=O) groups excluding carboxylic acids is 1. The summed E-state index contributed by atoms with van der Waals surface area (Å²) in [6.45, 7) is 5.45. The van der Waals surface area contributed by atoms with Gasteiger partial charge in [0.2, 0.25) is 11.9 Å². The third-order valence-corrected chi connectivity index (χ3v) is 5.55. The number of anilines is 2. The van der Waals surface area contributed by atoms with Crippen LogP contribution in [0.5, 0.6) is 5.75 Å². The number of fused-ring (bicyclic) bond motifs is 1. The molecule has 0 bridgehead atoms. The molecule has 184 valence electrons. The van der Waals surface area contributed by atoms with Crippen molar-refractivity contribution in [1.29, 1.82) is 0 Å². The van der Waals surface area contributed by atoms with Gasteiger partial charge in [0.1, 0.15) is 11.6 Å². The van der Waals surface area contributed by atoms with Crippen molar-refractivity contribution in [2.45, 2.75) is 13.3 Å². The molecule has 1 amide bonds. The van der Waals surface area contributed by atoms with Crippen LogP contribution in [-0.4, -0.2) is 60.4 Å². The standard InChI is InChI=1S/C24H23F4N5O2/c1-15-19-13-17(5-7-21(19)31-23(29-15)33-11-9-32(2)10-12-33)30-22(34)8-4-16-3-6-18(14-20(16)25)35-24(26,27)28/h3-8,13-14H,9-12H2,1-2H3,(H,30,34). The maximum Gasteiger partial charge on any atom is 0.573 e. The van der Waals surface area contributed by atoms with E-state index in [4.69, 9.17) is 0 Å². The van der Waals surface area contributed by atoms with Crippen molar-refractivity contribution in [3.05, 3.63) is 59.5 Å². The normalized spacial score (nSPS) is 15.1. The average Bonchev–Trinajstić information content (AvgIpc) is 2.78. The molecule has 2 heterocycles. The van der Waals surface area contributed by atoms with Crippen molar-refractivity contribution >= 4 is 34.5 Å². The summed E-state index contributed by atoms with van der Waals surface area (Å²) >= 11 is 0. The van der Waals surface area contributed by atoms with Crippen LogP contribution in [0.4, 0.5) is 29.2 Å². The van der Waals surface area contributed by atoms with Gasteiger partial charge in [-0.05, 0) is 50.4 Å². The molecule has 2 aromatic carbocycles. The van der Waals surface area contributed by atoms with Gasteiger partial charge in [-0.25, -0.2) is 14.4 Å². The summed E-state index contributed by atoms with van der Waals surface area (Å²) in [6, 6.07) is 7.92. The third kappa shape index (κ3) is 6.24. The zero-order chi connectivity index (χ0) is 25.2. The maximum absolute atomic E-state index is 14.1. The number of aromatic nitrogens is 2. The smallest absolute Gasteiger partial charge is 0.406 e. The molecule has 0 spiro atoms. The van der Waals surface area contributed by atoms with Crippen LogP contribution >= 0.6 is 0 Å². The molecule has 1 fully saturated rings. The lowest BCUT2D eigenvalue weighted by molar-refractivity contribution is -0.274. The topological polar surface area (TPSA) is 70.6 Å². The van der Waals surface area contributed by atoms with E-state index in [1.807, 2.05) is 6.92 Å². The van der Waals surface area contributed by atoms with Gasteiger partial charge in [-0.2, -0.15) is 0 Å². The second kappa shape index (κ2) is 9.87. The molecule has 0 aliphatic carbocycles. The van der Waals surface area contributed by atoms with E-state index in [1.54, 1.807) is 18.2 Å². The first-order valence-corrected chi connectivity index (χ1v) is 10.8. The molecule has 1 aliphatic heterocycles.